The second-order valence-corrected chi connectivity index (χ2v) is 5.72. The van der Waals surface area contributed by atoms with Crippen LogP contribution in [0.15, 0.2) is 28.7 Å². The van der Waals surface area contributed by atoms with Gasteiger partial charge in [0.1, 0.15) is 5.75 Å². The number of nitrogens with two attached hydrogens (primary N) is 1. The number of amides is 2. The molecule has 0 radical (unpaired) electrons. The van der Waals surface area contributed by atoms with E-state index in [0.717, 1.165) is 4.47 Å². The summed E-state index contributed by atoms with van der Waals surface area (Å²) in [5.74, 6) is 0.208. The third-order valence-corrected chi connectivity index (χ3v) is 3.90. The summed E-state index contributed by atoms with van der Waals surface area (Å²) >= 11 is 3.35. The van der Waals surface area contributed by atoms with Gasteiger partial charge in [0, 0.05) is 23.5 Å². The molecule has 0 atom stereocenters. The van der Waals surface area contributed by atoms with Gasteiger partial charge in [-0.1, -0.05) is 22.0 Å². The number of hydrogen-bond acceptors (Lipinski definition) is 3. The summed E-state index contributed by atoms with van der Waals surface area (Å²) < 4.78 is 6.37. The number of likely N-dealkylation sites (tertiary alicyclic amines) is 1. The summed E-state index contributed by atoms with van der Waals surface area (Å²) in [6.45, 7) is 1.14. The highest BCUT2D eigenvalue weighted by atomic mass is 79.9. The Bertz CT molecular complexity index is 499. The van der Waals surface area contributed by atoms with Gasteiger partial charge in [0.05, 0.1) is 0 Å². The minimum Gasteiger partial charge on any atom is -0.484 e. The first-order chi connectivity index (χ1) is 9.56. The van der Waals surface area contributed by atoms with Crippen LogP contribution in [0.5, 0.6) is 5.75 Å². The zero-order valence-electron chi connectivity index (χ0n) is 11.0. The van der Waals surface area contributed by atoms with Gasteiger partial charge in [0.15, 0.2) is 6.61 Å². The molecular formula is C14H17BrN2O3. The van der Waals surface area contributed by atoms with Crippen molar-refractivity contribution in [3.63, 3.8) is 0 Å². The number of benzene rings is 1. The number of ether oxygens (including phenoxy) is 1. The van der Waals surface area contributed by atoms with Crippen LogP contribution in [0.25, 0.3) is 0 Å². The van der Waals surface area contributed by atoms with E-state index < -0.39 is 0 Å². The number of carbonyl (C=O) groups excluding carboxylic acids is 2. The molecule has 0 spiro atoms. The van der Waals surface area contributed by atoms with Crippen molar-refractivity contribution in [2.24, 2.45) is 11.7 Å². The standard InChI is InChI=1S/C14H17BrN2O3/c15-11-2-1-3-12(8-11)20-9-13(18)17-6-4-10(5-7-17)14(16)19/h1-3,8,10H,4-7,9H2,(H2,16,19). The van der Waals surface area contributed by atoms with Crippen LogP contribution in [0.1, 0.15) is 12.8 Å². The molecule has 6 heteroatoms. The predicted molar refractivity (Wildman–Crippen MR) is 78.1 cm³/mol. The molecular weight excluding hydrogens is 324 g/mol. The van der Waals surface area contributed by atoms with Crippen LogP contribution in [-0.4, -0.2) is 36.4 Å². The molecule has 1 aromatic carbocycles. The molecule has 2 amide bonds. The lowest BCUT2D eigenvalue weighted by Gasteiger charge is -2.30. The molecule has 1 fully saturated rings. The smallest absolute Gasteiger partial charge is 0.260 e. The highest BCUT2D eigenvalue weighted by molar-refractivity contribution is 9.10. The third kappa shape index (κ3) is 3.96. The maximum absolute atomic E-state index is 12.0. The van der Waals surface area contributed by atoms with Gasteiger partial charge in [-0.05, 0) is 31.0 Å². The molecule has 2 N–H and O–H groups in total. The minimum absolute atomic E-state index is 0.0116. The zero-order valence-corrected chi connectivity index (χ0v) is 12.6. The molecule has 1 heterocycles. The fraction of sp³-hybridized carbons (Fsp3) is 0.429. The van der Waals surface area contributed by atoms with E-state index in [4.69, 9.17) is 10.5 Å². The van der Waals surface area contributed by atoms with E-state index in [1.807, 2.05) is 18.2 Å². The van der Waals surface area contributed by atoms with Crippen molar-refractivity contribution in [3.8, 4) is 5.75 Å². The van der Waals surface area contributed by atoms with Gasteiger partial charge in [-0.2, -0.15) is 0 Å². The van der Waals surface area contributed by atoms with E-state index in [1.54, 1.807) is 11.0 Å². The topological polar surface area (TPSA) is 72.6 Å². The summed E-state index contributed by atoms with van der Waals surface area (Å²) in [7, 11) is 0. The lowest BCUT2D eigenvalue weighted by molar-refractivity contribution is -0.136. The van der Waals surface area contributed by atoms with Crippen LogP contribution < -0.4 is 10.5 Å². The molecule has 0 aromatic heterocycles. The quantitative estimate of drug-likeness (QED) is 0.903. The fourth-order valence-corrected chi connectivity index (χ4v) is 2.58. The Balaban J connectivity index is 1.80. The number of hydrogen-bond donors (Lipinski definition) is 1. The van der Waals surface area contributed by atoms with Crippen molar-refractivity contribution in [1.29, 1.82) is 0 Å². The number of piperidine rings is 1. The Labute approximate surface area is 126 Å². The molecule has 2 rings (SSSR count). The number of nitrogens with zero attached hydrogens (tertiary/aromatic N) is 1. The lowest BCUT2D eigenvalue weighted by atomic mass is 9.96. The van der Waals surface area contributed by atoms with Gasteiger partial charge >= 0.3 is 0 Å². The molecule has 1 saturated heterocycles. The monoisotopic (exact) mass is 340 g/mol. The van der Waals surface area contributed by atoms with Crippen molar-refractivity contribution in [1.82, 2.24) is 4.90 Å². The minimum atomic E-state index is -0.275. The largest absolute Gasteiger partial charge is 0.484 e. The molecule has 0 saturated carbocycles. The van der Waals surface area contributed by atoms with Crippen molar-refractivity contribution in [2.45, 2.75) is 12.8 Å². The van der Waals surface area contributed by atoms with Gasteiger partial charge in [-0.15, -0.1) is 0 Å². The van der Waals surface area contributed by atoms with E-state index in [-0.39, 0.29) is 24.3 Å². The van der Waals surface area contributed by atoms with Crippen LogP contribution in [0.3, 0.4) is 0 Å². The number of carbonyl (C=O) groups is 2. The fourth-order valence-electron chi connectivity index (χ4n) is 2.21. The Morgan fingerprint density at radius 3 is 2.65 bits per heavy atom. The Hall–Kier alpha value is -1.56. The van der Waals surface area contributed by atoms with E-state index in [2.05, 4.69) is 15.9 Å². The van der Waals surface area contributed by atoms with Crippen molar-refractivity contribution < 1.29 is 14.3 Å². The molecule has 1 aliphatic heterocycles. The van der Waals surface area contributed by atoms with Crippen LogP contribution in [0.4, 0.5) is 0 Å². The first-order valence-electron chi connectivity index (χ1n) is 6.51. The molecule has 0 unspecified atom stereocenters. The van der Waals surface area contributed by atoms with Crippen LogP contribution in [0.2, 0.25) is 0 Å². The molecule has 20 heavy (non-hydrogen) atoms. The van der Waals surface area contributed by atoms with Gasteiger partial charge < -0.3 is 15.4 Å². The summed E-state index contributed by atoms with van der Waals surface area (Å²) in [5.41, 5.74) is 5.27. The zero-order chi connectivity index (χ0) is 14.5. The average Bonchev–Trinajstić information content (AvgIpc) is 2.45. The van der Waals surface area contributed by atoms with Crippen molar-refractivity contribution in [2.75, 3.05) is 19.7 Å². The van der Waals surface area contributed by atoms with E-state index in [0.29, 0.717) is 31.7 Å². The van der Waals surface area contributed by atoms with E-state index in [1.165, 1.54) is 0 Å². The number of halogens is 1. The highest BCUT2D eigenvalue weighted by Gasteiger charge is 2.25. The molecule has 0 aliphatic carbocycles. The van der Waals surface area contributed by atoms with Gasteiger partial charge in [0.2, 0.25) is 5.91 Å². The normalized spacial score (nSPS) is 15.9. The maximum Gasteiger partial charge on any atom is 0.260 e. The highest BCUT2D eigenvalue weighted by Crippen LogP contribution is 2.19. The average molecular weight is 341 g/mol. The molecule has 1 aromatic rings. The summed E-state index contributed by atoms with van der Waals surface area (Å²) in [4.78, 5) is 24.8. The number of primary amides is 1. The first-order valence-corrected chi connectivity index (χ1v) is 7.31. The molecule has 0 bridgehead atoms. The molecule has 108 valence electrons. The Kier molecular flexibility index (Phi) is 5.00. The van der Waals surface area contributed by atoms with Crippen LogP contribution >= 0.6 is 15.9 Å². The van der Waals surface area contributed by atoms with E-state index in [9.17, 15) is 9.59 Å². The van der Waals surface area contributed by atoms with Crippen LogP contribution in [0, 0.1) is 5.92 Å². The van der Waals surface area contributed by atoms with Crippen LogP contribution in [-0.2, 0) is 9.59 Å². The molecule has 5 nitrogen and oxygen atoms in total. The van der Waals surface area contributed by atoms with Gasteiger partial charge in [-0.3, -0.25) is 9.59 Å². The summed E-state index contributed by atoms with van der Waals surface area (Å²) in [6.07, 6.45) is 1.27. The number of rotatable bonds is 4. The lowest BCUT2D eigenvalue weighted by Crippen LogP contribution is -2.43. The van der Waals surface area contributed by atoms with E-state index >= 15 is 0 Å². The SMILES string of the molecule is NC(=O)C1CCN(C(=O)COc2cccc(Br)c2)CC1. The first kappa shape index (κ1) is 14.8. The summed E-state index contributed by atoms with van der Waals surface area (Å²) in [5, 5.41) is 0. The predicted octanol–water partition coefficient (Wildman–Crippen LogP) is 1.55. The Morgan fingerprint density at radius 2 is 2.05 bits per heavy atom. The maximum atomic E-state index is 12.0. The van der Waals surface area contributed by atoms with Gasteiger partial charge in [-0.25, -0.2) is 0 Å². The third-order valence-electron chi connectivity index (χ3n) is 3.41. The molecule has 1 aliphatic rings. The second-order valence-electron chi connectivity index (χ2n) is 4.80. The van der Waals surface area contributed by atoms with Crippen molar-refractivity contribution in [3.05, 3.63) is 28.7 Å². The summed E-state index contributed by atoms with van der Waals surface area (Å²) in [6, 6.07) is 7.36. The van der Waals surface area contributed by atoms with Crippen molar-refractivity contribution >= 4 is 27.7 Å². The Morgan fingerprint density at radius 1 is 1.35 bits per heavy atom. The second kappa shape index (κ2) is 6.74. The van der Waals surface area contributed by atoms with Gasteiger partial charge in [0.25, 0.3) is 5.91 Å².